The number of azo groups is 1. The van der Waals surface area contributed by atoms with Crippen molar-refractivity contribution in [3.8, 4) is 5.75 Å². The molecule has 0 unspecified atom stereocenters. The molecule has 1 heterocycles. The molecular weight excluding hydrogens is 240 g/mol. The number of fused-ring (bicyclic) bond motifs is 1. The summed E-state index contributed by atoms with van der Waals surface area (Å²) in [5, 5.41) is 8.21. The first kappa shape index (κ1) is 11.4. The van der Waals surface area contributed by atoms with Crippen LogP contribution in [0.5, 0.6) is 5.75 Å². The van der Waals surface area contributed by atoms with Crippen molar-refractivity contribution in [3.63, 3.8) is 0 Å². The highest BCUT2D eigenvalue weighted by Gasteiger charge is 1.99. The van der Waals surface area contributed by atoms with Gasteiger partial charge in [0.15, 0.2) is 0 Å². The molecule has 94 valence electrons. The van der Waals surface area contributed by atoms with Crippen LogP contribution in [0.25, 0.3) is 11.0 Å². The molecule has 2 aromatic carbocycles. The van der Waals surface area contributed by atoms with Gasteiger partial charge in [-0.1, -0.05) is 12.1 Å². The summed E-state index contributed by atoms with van der Waals surface area (Å²) in [6.07, 6.45) is 0. The molecule has 5 nitrogen and oxygen atoms in total. The third-order valence-electron chi connectivity index (χ3n) is 2.71. The summed E-state index contributed by atoms with van der Waals surface area (Å²) in [4.78, 5) is 7.41. The Kier molecular flexibility index (Phi) is 2.94. The molecule has 0 amide bonds. The van der Waals surface area contributed by atoms with Crippen molar-refractivity contribution in [2.24, 2.45) is 10.2 Å². The van der Waals surface area contributed by atoms with E-state index in [1.54, 1.807) is 7.11 Å². The lowest BCUT2D eigenvalue weighted by molar-refractivity contribution is 0.415. The summed E-state index contributed by atoms with van der Waals surface area (Å²) in [7, 11) is 1.63. The first-order valence-corrected chi connectivity index (χ1v) is 5.86. The number of para-hydroxylation sites is 2. The molecule has 0 bridgehead atoms. The molecule has 0 atom stereocenters. The van der Waals surface area contributed by atoms with E-state index in [0.29, 0.717) is 5.95 Å². The van der Waals surface area contributed by atoms with Gasteiger partial charge >= 0.3 is 0 Å². The van der Waals surface area contributed by atoms with Gasteiger partial charge in [0, 0.05) is 0 Å². The van der Waals surface area contributed by atoms with Crippen LogP contribution in [0.15, 0.2) is 58.8 Å². The van der Waals surface area contributed by atoms with Gasteiger partial charge < -0.3 is 9.72 Å². The largest absolute Gasteiger partial charge is 0.497 e. The molecule has 1 N–H and O–H groups in total. The Morgan fingerprint density at radius 3 is 2.53 bits per heavy atom. The second-order valence-corrected chi connectivity index (χ2v) is 3.98. The lowest BCUT2D eigenvalue weighted by atomic mass is 10.3. The fraction of sp³-hybridized carbons (Fsp3) is 0.0714. The molecule has 0 fully saturated rings. The minimum absolute atomic E-state index is 0.497. The second-order valence-electron chi connectivity index (χ2n) is 3.98. The molecular formula is C14H12N4O. The molecule has 5 heteroatoms. The SMILES string of the molecule is COc1ccc(N=Nc2nc3ccccc3[nH]2)cc1. The standard InChI is InChI=1S/C14H12N4O/c1-19-11-8-6-10(7-9-11)17-18-14-15-12-4-2-3-5-13(12)16-14/h2-9H,1H3,(H,15,16). The number of methoxy groups -OCH3 is 1. The molecule has 0 saturated heterocycles. The Morgan fingerprint density at radius 2 is 1.79 bits per heavy atom. The maximum absolute atomic E-state index is 5.08. The number of benzene rings is 2. The van der Waals surface area contributed by atoms with Crippen molar-refractivity contribution < 1.29 is 4.74 Å². The number of hydrogen-bond donors (Lipinski definition) is 1. The van der Waals surface area contributed by atoms with Gasteiger partial charge in [0.05, 0.1) is 23.8 Å². The summed E-state index contributed by atoms with van der Waals surface area (Å²) < 4.78 is 5.08. The summed E-state index contributed by atoms with van der Waals surface area (Å²) in [5.41, 5.74) is 2.58. The zero-order valence-electron chi connectivity index (χ0n) is 10.4. The topological polar surface area (TPSA) is 62.6 Å². The van der Waals surface area contributed by atoms with E-state index >= 15 is 0 Å². The number of hydrogen-bond acceptors (Lipinski definition) is 4. The molecule has 0 spiro atoms. The van der Waals surface area contributed by atoms with Gasteiger partial charge in [0.2, 0.25) is 5.95 Å². The summed E-state index contributed by atoms with van der Waals surface area (Å²) in [5.74, 6) is 1.29. The van der Waals surface area contributed by atoms with Crippen molar-refractivity contribution in [2.45, 2.75) is 0 Å². The van der Waals surface area contributed by atoms with Crippen LogP contribution < -0.4 is 4.74 Å². The highest BCUT2D eigenvalue weighted by atomic mass is 16.5. The fourth-order valence-corrected chi connectivity index (χ4v) is 1.74. The van der Waals surface area contributed by atoms with Crippen molar-refractivity contribution in [3.05, 3.63) is 48.5 Å². The van der Waals surface area contributed by atoms with Crippen LogP contribution in [0.2, 0.25) is 0 Å². The van der Waals surface area contributed by atoms with E-state index in [9.17, 15) is 0 Å². The Balaban J connectivity index is 1.84. The first-order chi connectivity index (χ1) is 9.35. The van der Waals surface area contributed by atoms with Crippen LogP contribution >= 0.6 is 0 Å². The van der Waals surface area contributed by atoms with Gasteiger partial charge in [-0.25, -0.2) is 4.98 Å². The summed E-state index contributed by atoms with van der Waals surface area (Å²) in [6, 6.07) is 15.1. The van der Waals surface area contributed by atoms with Gasteiger partial charge in [0.25, 0.3) is 0 Å². The monoisotopic (exact) mass is 252 g/mol. The maximum atomic E-state index is 5.08. The molecule has 1 aromatic heterocycles. The smallest absolute Gasteiger partial charge is 0.247 e. The van der Waals surface area contributed by atoms with Gasteiger partial charge in [-0.15, -0.1) is 10.2 Å². The van der Waals surface area contributed by atoms with Crippen molar-refractivity contribution in [2.75, 3.05) is 7.11 Å². The normalized spacial score (nSPS) is 11.2. The average molecular weight is 252 g/mol. The van der Waals surface area contributed by atoms with Crippen LogP contribution in [0.4, 0.5) is 11.6 Å². The minimum atomic E-state index is 0.497. The second kappa shape index (κ2) is 4.89. The number of rotatable bonds is 3. The number of aromatic nitrogens is 2. The number of nitrogens with zero attached hydrogens (tertiary/aromatic N) is 3. The van der Waals surface area contributed by atoms with Crippen molar-refractivity contribution >= 4 is 22.7 Å². The van der Waals surface area contributed by atoms with Crippen molar-refractivity contribution in [1.82, 2.24) is 9.97 Å². The van der Waals surface area contributed by atoms with E-state index in [-0.39, 0.29) is 0 Å². The molecule has 3 aromatic rings. The molecule has 0 radical (unpaired) electrons. The predicted octanol–water partition coefficient (Wildman–Crippen LogP) is 3.99. The first-order valence-electron chi connectivity index (χ1n) is 5.86. The molecule has 3 rings (SSSR count). The third kappa shape index (κ3) is 2.44. The van der Waals surface area contributed by atoms with Gasteiger partial charge in [-0.2, -0.15) is 0 Å². The summed E-state index contributed by atoms with van der Waals surface area (Å²) in [6.45, 7) is 0. The number of ether oxygens (including phenoxy) is 1. The predicted molar refractivity (Wildman–Crippen MR) is 73.3 cm³/mol. The quantitative estimate of drug-likeness (QED) is 0.716. The highest BCUT2D eigenvalue weighted by Crippen LogP contribution is 2.21. The molecule has 0 saturated carbocycles. The zero-order chi connectivity index (χ0) is 13.1. The Labute approximate surface area is 110 Å². The van der Waals surface area contributed by atoms with E-state index in [0.717, 1.165) is 22.5 Å². The van der Waals surface area contributed by atoms with E-state index in [4.69, 9.17) is 4.74 Å². The molecule has 0 aliphatic heterocycles. The number of H-pyrrole nitrogens is 1. The number of imidazole rings is 1. The van der Waals surface area contributed by atoms with Crippen LogP contribution in [0.3, 0.4) is 0 Å². The molecule has 0 aliphatic rings. The number of aromatic amines is 1. The van der Waals surface area contributed by atoms with Crippen LogP contribution in [-0.2, 0) is 0 Å². The van der Waals surface area contributed by atoms with Gasteiger partial charge in [-0.3, -0.25) is 0 Å². The molecule has 0 aliphatic carbocycles. The zero-order valence-corrected chi connectivity index (χ0v) is 10.4. The fourth-order valence-electron chi connectivity index (χ4n) is 1.74. The van der Waals surface area contributed by atoms with E-state index in [1.807, 2.05) is 48.5 Å². The maximum Gasteiger partial charge on any atom is 0.247 e. The molecule has 19 heavy (non-hydrogen) atoms. The van der Waals surface area contributed by atoms with Gasteiger partial charge in [0.1, 0.15) is 5.75 Å². The number of nitrogens with one attached hydrogen (secondary N) is 1. The Morgan fingerprint density at radius 1 is 1.00 bits per heavy atom. The average Bonchev–Trinajstić information content (AvgIpc) is 2.88. The highest BCUT2D eigenvalue weighted by molar-refractivity contribution is 5.76. The van der Waals surface area contributed by atoms with Crippen molar-refractivity contribution in [1.29, 1.82) is 0 Å². The van der Waals surface area contributed by atoms with Crippen LogP contribution in [0.1, 0.15) is 0 Å². The summed E-state index contributed by atoms with van der Waals surface area (Å²) >= 11 is 0. The van der Waals surface area contributed by atoms with E-state index in [1.165, 1.54) is 0 Å². The Hall–Kier alpha value is -2.69. The Bertz CT molecular complexity index is 683. The lowest BCUT2D eigenvalue weighted by Gasteiger charge is -1.97. The lowest BCUT2D eigenvalue weighted by Crippen LogP contribution is -1.79. The third-order valence-corrected chi connectivity index (χ3v) is 2.71. The van der Waals surface area contributed by atoms with E-state index in [2.05, 4.69) is 20.2 Å². The van der Waals surface area contributed by atoms with Crippen LogP contribution in [-0.4, -0.2) is 17.1 Å². The van der Waals surface area contributed by atoms with Crippen LogP contribution in [0, 0.1) is 0 Å². The minimum Gasteiger partial charge on any atom is -0.497 e. The van der Waals surface area contributed by atoms with E-state index < -0.39 is 0 Å². The van der Waals surface area contributed by atoms with Gasteiger partial charge in [-0.05, 0) is 36.4 Å².